The van der Waals surface area contributed by atoms with Crippen LogP contribution in [0.2, 0.25) is 0 Å². The van der Waals surface area contributed by atoms with Crippen LogP contribution < -0.4 is 0 Å². The van der Waals surface area contributed by atoms with Crippen LogP contribution in [-0.2, 0) is 16.1 Å². The maximum absolute atomic E-state index is 13.8. The van der Waals surface area contributed by atoms with Gasteiger partial charge in [-0.1, -0.05) is 49.4 Å². The fraction of sp³-hybridized carbons (Fsp3) is 0.500. The standard InChI is InChI=1S/C28H39N3O4/c1-20-16-31(21(2)18-32)28(34)25-13-9-8-12-24(25)23-11-7-6-10-22(23)19-35-26(20)17-30(5)27(33)14-15-29(3)4/h6-13,20-21,26,32H,14-19H2,1-5H3/t20-,21-,26+/m1/s1. The Balaban J connectivity index is 1.98. The van der Waals surface area contributed by atoms with Crippen LogP contribution in [0.3, 0.4) is 0 Å². The quantitative estimate of drug-likeness (QED) is 0.658. The van der Waals surface area contributed by atoms with E-state index in [1.54, 1.807) is 9.80 Å². The molecule has 35 heavy (non-hydrogen) atoms. The summed E-state index contributed by atoms with van der Waals surface area (Å²) in [7, 11) is 5.71. The first-order valence-corrected chi connectivity index (χ1v) is 12.3. The molecule has 0 bridgehead atoms. The largest absolute Gasteiger partial charge is 0.394 e. The van der Waals surface area contributed by atoms with E-state index in [2.05, 4.69) is 0 Å². The van der Waals surface area contributed by atoms with Crippen molar-refractivity contribution in [1.82, 2.24) is 14.7 Å². The summed E-state index contributed by atoms with van der Waals surface area (Å²) in [6.07, 6.45) is 0.160. The normalized spacial score (nSPS) is 19.5. The number of aliphatic hydroxyl groups is 1. The molecular formula is C28H39N3O4. The highest BCUT2D eigenvalue weighted by Crippen LogP contribution is 2.31. The topological polar surface area (TPSA) is 73.3 Å². The first-order chi connectivity index (χ1) is 16.7. The van der Waals surface area contributed by atoms with Crippen molar-refractivity contribution in [2.45, 2.75) is 39.0 Å². The monoisotopic (exact) mass is 481 g/mol. The van der Waals surface area contributed by atoms with Gasteiger partial charge in [0.2, 0.25) is 5.91 Å². The lowest BCUT2D eigenvalue weighted by Gasteiger charge is -2.35. The number of amides is 2. The third kappa shape index (κ3) is 6.69. The molecule has 7 heteroatoms. The lowest BCUT2D eigenvalue weighted by molar-refractivity contribution is -0.133. The van der Waals surface area contributed by atoms with E-state index in [1.807, 2.05) is 88.4 Å². The average Bonchev–Trinajstić information content (AvgIpc) is 2.88. The van der Waals surface area contributed by atoms with Gasteiger partial charge in [-0.25, -0.2) is 0 Å². The Morgan fingerprint density at radius 3 is 2.37 bits per heavy atom. The Morgan fingerprint density at radius 1 is 1.09 bits per heavy atom. The van der Waals surface area contributed by atoms with Crippen LogP contribution >= 0.6 is 0 Å². The van der Waals surface area contributed by atoms with Gasteiger partial charge in [0.1, 0.15) is 0 Å². The van der Waals surface area contributed by atoms with Gasteiger partial charge in [-0.3, -0.25) is 9.59 Å². The first-order valence-electron chi connectivity index (χ1n) is 12.3. The van der Waals surface area contributed by atoms with E-state index < -0.39 is 0 Å². The molecule has 1 heterocycles. The number of benzene rings is 2. The van der Waals surface area contributed by atoms with Gasteiger partial charge in [0.15, 0.2) is 0 Å². The van der Waals surface area contributed by atoms with Crippen molar-refractivity contribution in [2.75, 3.05) is 47.4 Å². The molecule has 0 unspecified atom stereocenters. The van der Waals surface area contributed by atoms with Crippen molar-refractivity contribution in [3.05, 3.63) is 59.7 Å². The zero-order valence-corrected chi connectivity index (χ0v) is 21.6. The maximum Gasteiger partial charge on any atom is 0.254 e. The Morgan fingerprint density at radius 2 is 1.71 bits per heavy atom. The van der Waals surface area contributed by atoms with Crippen LogP contribution in [0.4, 0.5) is 0 Å². The van der Waals surface area contributed by atoms with Crippen molar-refractivity contribution in [2.24, 2.45) is 5.92 Å². The summed E-state index contributed by atoms with van der Waals surface area (Å²) in [5.74, 6) is -0.109. The highest BCUT2D eigenvalue weighted by Gasteiger charge is 2.31. The van der Waals surface area contributed by atoms with Gasteiger partial charge in [0, 0.05) is 44.6 Å². The molecule has 0 spiro atoms. The summed E-state index contributed by atoms with van der Waals surface area (Å²) in [5.41, 5.74) is 3.42. The molecular weight excluding hydrogens is 442 g/mol. The van der Waals surface area contributed by atoms with Crippen molar-refractivity contribution in [3.8, 4) is 11.1 Å². The number of hydrogen-bond donors (Lipinski definition) is 1. The second-order valence-electron chi connectivity index (χ2n) is 9.85. The number of hydrogen-bond acceptors (Lipinski definition) is 5. The van der Waals surface area contributed by atoms with Crippen LogP contribution in [0.1, 0.15) is 36.2 Å². The molecule has 2 aromatic rings. The molecule has 0 aliphatic carbocycles. The van der Waals surface area contributed by atoms with Crippen LogP contribution in [0.25, 0.3) is 11.1 Å². The number of nitrogens with zero attached hydrogens (tertiary/aromatic N) is 3. The van der Waals surface area contributed by atoms with Crippen LogP contribution in [-0.4, -0.2) is 91.2 Å². The van der Waals surface area contributed by atoms with Gasteiger partial charge >= 0.3 is 0 Å². The summed E-state index contributed by atoms with van der Waals surface area (Å²) >= 11 is 0. The fourth-order valence-electron chi connectivity index (χ4n) is 4.43. The summed E-state index contributed by atoms with van der Waals surface area (Å²) in [5, 5.41) is 9.95. The molecule has 0 aromatic heterocycles. The predicted molar refractivity (Wildman–Crippen MR) is 138 cm³/mol. The third-order valence-corrected chi connectivity index (χ3v) is 6.75. The van der Waals surface area contributed by atoms with E-state index in [1.165, 1.54) is 0 Å². The zero-order valence-electron chi connectivity index (χ0n) is 21.6. The number of rotatable bonds is 7. The van der Waals surface area contributed by atoms with Gasteiger partial charge in [-0.05, 0) is 43.8 Å². The van der Waals surface area contributed by atoms with Crippen molar-refractivity contribution >= 4 is 11.8 Å². The maximum atomic E-state index is 13.8. The molecule has 3 atom stereocenters. The van der Waals surface area contributed by atoms with E-state index in [4.69, 9.17) is 4.74 Å². The number of carbonyl (C=O) groups excluding carboxylic acids is 2. The highest BCUT2D eigenvalue weighted by molar-refractivity contribution is 6.01. The molecule has 1 N–H and O–H groups in total. The summed E-state index contributed by atoms with van der Waals surface area (Å²) in [6, 6.07) is 15.2. The second-order valence-corrected chi connectivity index (χ2v) is 9.85. The summed E-state index contributed by atoms with van der Waals surface area (Å²) < 4.78 is 6.47. The summed E-state index contributed by atoms with van der Waals surface area (Å²) in [4.78, 5) is 32.0. The molecule has 2 amide bonds. The molecule has 3 rings (SSSR count). The number of carbonyl (C=O) groups is 2. The van der Waals surface area contributed by atoms with Gasteiger partial charge in [-0.2, -0.15) is 0 Å². The number of aliphatic hydroxyl groups excluding tert-OH is 1. The summed E-state index contributed by atoms with van der Waals surface area (Å²) in [6.45, 7) is 5.67. The van der Waals surface area contributed by atoms with Crippen molar-refractivity contribution in [3.63, 3.8) is 0 Å². The number of ether oxygens (including phenoxy) is 1. The number of likely N-dealkylation sites (N-methyl/N-ethyl adjacent to an activating group) is 1. The Bertz CT molecular complexity index is 1010. The molecule has 0 radical (unpaired) electrons. The first kappa shape index (κ1) is 26.9. The van der Waals surface area contributed by atoms with Crippen LogP contribution in [0.15, 0.2) is 48.5 Å². The Labute approximate surface area is 209 Å². The van der Waals surface area contributed by atoms with Crippen LogP contribution in [0, 0.1) is 5.92 Å². The molecule has 1 aliphatic heterocycles. The van der Waals surface area contributed by atoms with Gasteiger partial charge < -0.3 is 24.5 Å². The Kier molecular flexibility index (Phi) is 9.43. The molecule has 0 saturated carbocycles. The van der Waals surface area contributed by atoms with Gasteiger partial charge in [0.05, 0.1) is 25.4 Å². The molecule has 1 aliphatic rings. The molecule has 0 saturated heterocycles. The van der Waals surface area contributed by atoms with E-state index in [-0.39, 0.29) is 36.5 Å². The lowest BCUT2D eigenvalue weighted by Crippen LogP contribution is -2.47. The molecule has 7 nitrogen and oxygen atoms in total. The smallest absolute Gasteiger partial charge is 0.254 e. The second kappa shape index (κ2) is 12.3. The van der Waals surface area contributed by atoms with Crippen molar-refractivity contribution < 1.29 is 19.4 Å². The highest BCUT2D eigenvalue weighted by atomic mass is 16.5. The van der Waals surface area contributed by atoms with Crippen molar-refractivity contribution in [1.29, 1.82) is 0 Å². The van der Waals surface area contributed by atoms with E-state index in [0.717, 1.165) is 16.7 Å². The van der Waals surface area contributed by atoms with E-state index >= 15 is 0 Å². The minimum Gasteiger partial charge on any atom is -0.394 e. The zero-order chi connectivity index (χ0) is 25.5. The minimum absolute atomic E-state index is 0.0607. The van der Waals surface area contributed by atoms with Crippen LogP contribution in [0.5, 0.6) is 0 Å². The van der Waals surface area contributed by atoms with E-state index in [9.17, 15) is 14.7 Å². The Hall–Kier alpha value is -2.74. The van der Waals surface area contributed by atoms with Gasteiger partial charge in [0.25, 0.3) is 5.91 Å². The third-order valence-electron chi connectivity index (χ3n) is 6.75. The van der Waals surface area contributed by atoms with E-state index in [0.29, 0.717) is 38.2 Å². The fourth-order valence-corrected chi connectivity index (χ4v) is 4.43. The molecule has 0 fully saturated rings. The number of fused-ring (bicyclic) bond motifs is 3. The predicted octanol–water partition coefficient (Wildman–Crippen LogP) is 3.12. The van der Waals surface area contributed by atoms with Gasteiger partial charge in [-0.15, -0.1) is 0 Å². The average molecular weight is 482 g/mol. The SMILES string of the molecule is C[C@@H]1CN([C@H](C)CO)C(=O)c2ccccc2-c2ccccc2CO[C@H]1CN(C)C(=O)CCN(C)C. The lowest BCUT2D eigenvalue weighted by atomic mass is 9.94. The minimum atomic E-state index is -0.353. The molecule has 2 aromatic carbocycles. The molecule has 190 valence electrons.